The van der Waals surface area contributed by atoms with Gasteiger partial charge in [-0.25, -0.2) is 13.1 Å². The van der Waals surface area contributed by atoms with Crippen LogP contribution >= 0.6 is 11.3 Å². The zero-order chi connectivity index (χ0) is 13.0. The Morgan fingerprint density at radius 2 is 2.22 bits per heavy atom. The van der Waals surface area contributed by atoms with Gasteiger partial charge in [0.05, 0.1) is 4.90 Å². The summed E-state index contributed by atoms with van der Waals surface area (Å²) in [4.78, 5) is 1.47. The van der Waals surface area contributed by atoms with Crippen molar-refractivity contribution in [1.82, 2.24) is 10.0 Å². The molecule has 1 aliphatic carbocycles. The van der Waals surface area contributed by atoms with Crippen molar-refractivity contribution < 1.29 is 8.42 Å². The van der Waals surface area contributed by atoms with Crippen LogP contribution in [0.3, 0.4) is 0 Å². The Kier molecular flexibility index (Phi) is 4.77. The van der Waals surface area contributed by atoms with E-state index >= 15 is 0 Å². The van der Waals surface area contributed by atoms with Crippen LogP contribution in [0.5, 0.6) is 0 Å². The van der Waals surface area contributed by atoms with Crippen LogP contribution in [0.4, 0.5) is 0 Å². The van der Waals surface area contributed by atoms with Crippen LogP contribution in [0.15, 0.2) is 16.3 Å². The summed E-state index contributed by atoms with van der Waals surface area (Å²) in [5, 5.41) is 4.99. The van der Waals surface area contributed by atoms with Gasteiger partial charge in [0.1, 0.15) is 0 Å². The quantitative estimate of drug-likeness (QED) is 0.719. The van der Waals surface area contributed by atoms with E-state index in [-0.39, 0.29) is 0 Å². The first-order valence-electron chi connectivity index (χ1n) is 6.39. The van der Waals surface area contributed by atoms with E-state index in [4.69, 9.17) is 0 Å². The average Bonchev–Trinajstić information content (AvgIpc) is 3.05. The number of nitrogens with one attached hydrogen (secondary N) is 2. The van der Waals surface area contributed by atoms with Crippen LogP contribution in [0.2, 0.25) is 0 Å². The summed E-state index contributed by atoms with van der Waals surface area (Å²) in [5.41, 5.74) is 0. The van der Waals surface area contributed by atoms with Gasteiger partial charge in [-0.05, 0) is 37.8 Å². The monoisotopic (exact) mass is 288 g/mol. The molecule has 102 valence electrons. The molecule has 0 amide bonds. The van der Waals surface area contributed by atoms with Crippen LogP contribution in [-0.2, 0) is 16.6 Å². The van der Waals surface area contributed by atoms with Crippen LogP contribution in [0, 0.1) is 5.92 Å². The SMILES string of the molecule is CCCNCc1cc(S(=O)(=O)NCC2CC2)cs1. The molecular formula is C12H20N2O2S2. The lowest BCUT2D eigenvalue weighted by Crippen LogP contribution is -2.25. The first-order chi connectivity index (χ1) is 8.62. The Hall–Kier alpha value is -0.430. The molecule has 1 aromatic rings. The molecule has 0 spiro atoms. The Morgan fingerprint density at radius 1 is 1.44 bits per heavy atom. The molecule has 18 heavy (non-hydrogen) atoms. The van der Waals surface area contributed by atoms with Crippen molar-refractivity contribution in [1.29, 1.82) is 0 Å². The van der Waals surface area contributed by atoms with Crippen molar-refractivity contribution in [3.63, 3.8) is 0 Å². The molecule has 0 radical (unpaired) electrons. The normalized spacial score (nSPS) is 16.1. The lowest BCUT2D eigenvalue weighted by molar-refractivity contribution is 0.577. The molecule has 4 nitrogen and oxygen atoms in total. The van der Waals surface area contributed by atoms with E-state index in [0.717, 1.165) is 37.2 Å². The Balaban J connectivity index is 1.90. The number of thiophene rings is 1. The van der Waals surface area contributed by atoms with Crippen LogP contribution in [0.1, 0.15) is 31.1 Å². The summed E-state index contributed by atoms with van der Waals surface area (Å²) < 4.78 is 26.6. The maximum Gasteiger partial charge on any atom is 0.241 e. The van der Waals surface area contributed by atoms with Crippen molar-refractivity contribution in [2.75, 3.05) is 13.1 Å². The molecule has 0 aliphatic heterocycles. The first kappa shape index (κ1) is 14.0. The molecular weight excluding hydrogens is 268 g/mol. The Bertz CT molecular complexity index is 478. The Morgan fingerprint density at radius 3 is 2.89 bits per heavy atom. The summed E-state index contributed by atoms with van der Waals surface area (Å²) in [6.07, 6.45) is 3.39. The maximum absolute atomic E-state index is 12.0. The van der Waals surface area contributed by atoms with E-state index in [9.17, 15) is 8.42 Å². The third kappa shape index (κ3) is 4.05. The second-order valence-electron chi connectivity index (χ2n) is 4.72. The molecule has 0 unspecified atom stereocenters. The van der Waals surface area contributed by atoms with Gasteiger partial charge in [-0.15, -0.1) is 11.3 Å². The standard InChI is InChI=1S/C12H20N2O2S2/c1-2-5-13-8-11-6-12(9-17-11)18(15,16)14-7-10-3-4-10/h6,9-10,13-14H,2-5,7-8H2,1H3. The van der Waals surface area contributed by atoms with E-state index in [0.29, 0.717) is 17.4 Å². The van der Waals surface area contributed by atoms with Crippen molar-refractivity contribution in [3.8, 4) is 0 Å². The zero-order valence-electron chi connectivity index (χ0n) is 10.6. The van der Waals surface area contributed by atoms with E-state index < -0.39 is 10.0 Å². The number of rotatable bonds is 8. The maximum atomic E-state index is 12.0. The molecule has 0 bridgehead atoms. The van der Waals surface area contributed by atoms with E-state index in [1.54, 1.807) is 11.4 Å². The van der Waals surface area contributed by atoms with E-state index in [1.165, 1.54) is 11.3 Å². The van der Waals surface area contributed by atoms with Crippen LogP contribution in [-0.4, -0.2) is 21.5 Å². The summed E-state index contributed by atoms with van der Waals surface area (Å²) in [5.74, 6) is 0.559. The van der Waals surface area contributed by atoms with Gasteiger partial charge in [-0.2, -0.15) is 0 Å². The van der Waals surface area contributed by atoms with E-state index in [1.807, 2.05) is 0 Å². The van der Waals surface area contributed by atoms with Gasteiger partial charge in [-0.1, -0.05) is 6.92 Å². The molecule has 6 heteroatoms. The second kappa shape index (κ2) is 6.14. The molecule has 0 saturated heterocycles. The molecule has 0 aromatic carbocycles. The minimum absolute atomic E-state index is 0.404. The van der Waals surface area contributed by atoms with Gasteiger partial charge in [-0.3, -0.25) is 0 Å². The fraction of sp³-hybridized carbons (Fsp3) is 0.667. The molecule has 1 aliphatic rings. The minimum Gasteiger partial charge on any atom is -0.312 e. The molecule has 1 aromatic heterocycles. The molecule has 2 rings (SSSR count). The molecule has 2 N–H and O–H groups in total. The van der Waals surface area contributed by atoms with Gasteiger partial charge in [0.25, 0.3) is 0 Å². The van der Waals surface area contributed by atoms with Gasteiger partial charge < -0.3 is 5.32 Å². The fourth-order valence-corrected chi connectivity index (χ4v) is 3.98. The highest BCUT2D eigenvalue weighted by atomic mass is 32.2. The third-order valence-electron chi connectivity index (χ3n) is 2.92. The fourth-order valence-electron chi connectivity index (χ4n) is 1.62. The summed E-state index contributed by atoms with van der Waals surface area (Å²) >= 11 is 1.50. The van der Waals surface area contributed by atoms with Crippen molar-refractivity contribution in [2.45, 2.75) is 37.6 Å². The highest BCUT2D eigenvalue weighted by Gasteiger charge is 2.24. The van der Waals surface area contributed by atoms with Crippen molar-refractivity contribution in [2.24, 2.45) is 5.92 Å². The molecule has 1 saturated carbocycles. The summed E-state index contributed by atoms with van der Waals surface area (Å²) in [6.45, 7) is 4.40. The lowest BCUT2D eigenvalue weighted by atomic mass is 10.4. The zero-order valence-corrected chi connectivity index (χ0v) is 12.2. The van der Waals surface area contributed by atoms with Gasteiger partial charge >= 0.3 is 0 Å². The third-order valence-corrected chi connectivity index (χ3v) is 5.41. The number of sulfonamides is 1. The van der Waals surface area contributed by atoms with Gasteiger partial charge in [0.2, 0.25) is 10.0 Å². The minimum atomic E-state index is -3.29. The molecule has 1 heterocycles. The number of hydrogen-bond donors (Lipinski definition) is 2. The lowest BCUT2D eigenvalue weighted by Gasteiger charge is -2.03. The topological polar surface area (TPSA) is 58.2 Å². The average molecular weight is 288 g/mol. The van der Waals surface area contributed by atoms with Crippen molar-refractivity contribution >= 4 is 21.4 Å². The molecule has 1 fully saturated rings. The van der Waals surface area contributed by atoms with E-state index in [2.05, 4.69) is 17.0 Å². The highest BCUT2D eigenvalue weighted by molar-refractivity contribution is 7.89. The van der Waals surface area contributed by atoms with Crippen LogP contribution < -0.4 is 10.0 Å². The van der Waals surface area contributed by atoms with Crippen molar-refractivity contribution in [3.05, 3.63) is 16.3 Å². The van der Waals surface area contributed by atoms with Crippen LogP contribution in [0.25, 0.3) is 0 Å². The smallest absolute Gasteiger partial charge is 0.241 e. The predicted molar refractivity (Wildman–Crippen MR) is 74.2 cm³/mol. The Labute approximate surface area is 113 Å². The highest BCUT2D eigenvalue weighted by Crippen LogP contribution is 2.28. The number of hydrogen-bond acceptors (Lipinski definition) is 4. The largest absolute Gasteiger partial charge is 0.312 e. The predicted octanol–water partition coefficient (Wildman–Crippen LogP) is 1.94. The summed E-state index contributed by atoms with van der Waals surface area (Å²) in [7, 11) is -3.29. The molecule has 0 atom stereocenters. The van der Waals surface area contributed by atoms with Gasteiger partial charge in [0, 0.05) is 23.3 Å². The summed E-state index contributed by atoms with van der Waals surface area (Å²) in [6, 6.07) is 1.77. The van der Waals surface area contributed by atoms with Gasteiger partial charge in [0.15, 0.2) is 0 Å². The first-order valence-corrected chi connectivity index (χ1v) is 8.76. The second-order valence-corrected chi connectivity index (χ2v) is 7.48.